The molecule has 0 saturated carbocycles. The Labute approximate surface area is 190 Å². The molecule has 2 saturated heterocycles. The van der Waals surface area contributed by atoms with E-state index in [4.69, 9.17) is 4.74 Å². The number of nitrogens with one attached hydrogen (secondary N) is 1. The monoisotopic (exact) mass is 474 g/mol. The minimum atomic E-state index is -3.50. The predicted molar refractivity (Wildman–Crippen MR) is 119 cm³/mol. The summed E-state index contributed by atoms with van der Waals surface area (Å²) >= 11 is 0. The first kappa shape index (κ1) is 25.4. The molecule has 1 atom stereocenters. The number of likely N-dealkylation sites (tertiary alicyclic amines) is 1. The fourth-order valence-electron chi connectivity index (χ4n) is 4.08. The number of sulfonamides is 1. The van der Waals surface area contributed by atoms with E-state index in [2.05, 4.69) is 9.62 Å². The van der Waals surface area contributed by atoms with E-state index in [0.29, 0.717) is 19.6 Å². The van der Waals surface area contributed by atoms with Crippen LogP contribution in [0.15, 0.2) is 29.2 Å². The molecule has 1 N–H and O–H groups in total. The van der Waals surface area contributed by atoms with Crippen LogP contribution in [-0.2, 0) is 26.0 Å². The molecule has 1 aromatic rings. The SMILES string of the molecule is CNS(=O)(=O)c1ccc(CC(=O)N2CCN(C(=O)OC)CC2CN2CCCC2)cc1.Cl. The molecule has 0 radical (unpaired) electrons. The number of nitrogens with zero attached hydrogens (tertiary/aromatic N) is 3. The highest BCUT2D eigenvalue weighted by atomic mass is 35.5. The van der Waals surface area contributed by atoms with Gasteiger partial charge in [0.25, 0.3) is 0 Å². The van der Waals surface area contributed by atoms with Crippen molar-refractivity contribution in [3.63, 3.8) is 0 Å². The molecule has 3 rings (SSSR count). The fraction of sp³-hybridized carbons (Fsp3) is 0.600. The van der Waals surface area contributed by atoms with Crippen LogP contribution >= 0.6 is 12.4 Å². The van der Waals surface area contributed by atoms with E-state index in [1.165, 1.54) is 26.3 Å². The molecule has 1 unspecified atom stereocenters. The highest BCUT2D eigenvalue weighted by molar-refractivity contribution is 7.89. The van der Waals surface area contributed by atoms with Crippen LogP contribution in [0.3, 0.4) is 0 Å². The second-order valence-electron chi connectivity index (χ2n) is 7.69. The summed E-state index contributed by atoms with van der Waals surface area (Å²) in [5, 5.41) is 0. The Morgan fingerprint density at radius 3 is 2.32 bits per heavy atom. The highest BCUT2D eigenvalue weighted by Crippen LogP contribution is 2.18. The summed E-state index contributed by atoms with van der Waals surface area (Å²) in [7, 11) is -0.772. The van der Waals surface area contributed by atoms with Gasteiger partial charge in [0, 0.05) is 26.2 Å². The Kier molecular flexibility index (Phi) is 9.11. The van der Waals surface area contributed by atoms with Crippen molar-refractivity contribution in [3.05, 3.63) is 29.8 Å². The van der Waals surface area contributed by atoms with Crippen molar-refractivity contribution in [2.75, 3.05) is 53.4 Å². The molecule has 31 heavy (non-hydrogen) atoms. The summed E-state index contributed by atoms with van der Waals surface area (Å²) in [4.78, 5) is 31.1. The lowest BCUT2D eigenvalue weighted by Gasteiger charge is -2.42. The number of amides is 2. The second kappa shape index (κ2) is 11.1. The minimum Gasteiger partial charge on any atom is -0.453 e. The van der Waals surface area contributed by atoms with Crippen LogP contribution in [0.2, 0.25) is 0 Å². The average molecular weight is 475 g/mol. The number of methoxy groups -OCH3 is 1. The summed E-state index contributed by atoms with van der Waals surface area (Å²) in [5.74, 6) is -0.0204. The van der Waals surface area contributed by atoms with E-state index < -0.39 is 10.0 Å². The third-order valence-corrected chi connectivity index (χ3v) is 7.19. The molecule has 0 spiro atoms. The Balaban J connectivity index is 0.00000341. The summed E-state index contributed by atoms with van der Waals surface area (Å²) in [6.45, 7) is 4.11. The van der Waals surface area contributed by atoms with Crippen molar-refractivity contribution in [1.82, 2.24) is 19.4 Å². The summed E-state index contributed by atoms with van der Waals surface area (Å²) in [6.07, 6.45) is 2.14. The van der Waals surface area contributed by atoms with E-state index in [-0.39, 0.29) is 41.8 Å². The first-order chi connectivity index (χ1) is 14.3. The Morgan fingerprint density at radius 1 is 1.10 bits per heavy atom. The van der Waals surface area contributed by atoms with Gasteiger partial charge in [-0.2, -0.15) is 0 Å². The predicted octanol–water partition coefficient (Wildman–Crippen LogP) is 0.934. The molecule has 0 aliphatic carbocycles. The largest absolute Gasteiger partial charge is 0.453 e. The van der Waals surface area contributed by atoms with Gasteiger partial charge in [0.15, 0.2) is 0 Å². The van der Waals surface area contributed by atoms with Crippen molar-refractivity contribution in [3.8, 4) is 0 Å². The van der Waals surface area contributed by atoms with Crippen LogP contribution in [0.4, 0.5) is 4.79 Å². The van der Waals surface area contributed by atoms with Crippen LogP contribution in [0.5, 0.6) is 0 Å². The number of rotatable bonds is 6. The summed E-state index contributed by atoms with van der Waals surface area (Å²) in [6, 6.07) is 6.26. The molecular weight excluding hydrogens is 444 g/mol. The van der Waals surface area contributed by atoms with E-state index >= 15 is 0 Å². The number of benzene rings is 1. The number of carbonyl (C=O) groups excluding carboxylic acids is 2. The van der Waals surface area contributed by atoms with E-state index in [9.17, 15) is 18.0 Å². The molecule has 1 aromatic carbocycles. The maximum atomic E-state index is 13.1. The van der Waals surface area contributed by atoms with Gasteiger partial charge in [0.1, 0.15) is 0 Å². The Hall–Kier alpha value is -1.88. The molecule has 2 aliphatic rings. The minimum absolute atomic E-state index is 0. The zero-order chi connectivity index (χ0) is 21.7. The quantitative estimate of drug-likeness (QED) is 0.658. The first-order valence-electron chi connectivity index (χ1n) is 10.2. The van der Waals surface area contributed by atoms with Gasteiger partial charge in [0.2, 0.25) is 15.9 Å². The molecule has 2 fully saturated rings. The van der Waals surface area contributed by atoms with Crippen LogP contribution in [0.1, 0.15) is 18.4 Å². The van der Waals surface area contributed by atoms with Gasteiger partial charge in [0.05, 0.1) is 24.5 Å². The van der Waals surface area contributed by atoms with E-state index in [1.54, 1.807) is 17.0 Å². The average Bonchev–Trinajstić information content (AvgIpc) is 3.26. The van der Waals surface area contributed by atoms with Gasteiger partial charge >= 0.3 is 6.09 Å². The molecule has 174 valence electrons. The van der Waals surface area contributed by atoms with Gasteiger partial charge < -0.3 is 19.4 Å². The third-order valence-electron chi connectivity index (χ3n) is 5.76. The molecule has 2 aliphatic heterocycles. The van der Waals surface area contributed by atoms with Gasteiger partial charge in [-0.3, -0.25) is 4.79 Å². The van der Waals surface area contributed by atoms with Gasteiger partial charge in [-0.25, -0.2) is 17.9 Å². The number of halogens is 1. The van der Waals surface area contributed by atoms with Crippen LogP contribution in [0.25, 0.3) is 0 Å². The van der Waals surface area contributed by atoms with E-state index in [0.717, 1.165) is 38.0 Å². The fourth-order valence-corrected chi connectivity index (χ4v) is 4.81. The smallest absolute Gasteiger partial charge is 0.409 e. The van der Waals surface area contributed by atoms with Crippen molar-refractivity contribution < 1.29 is 22.7 Å². The topological polar surface area (TPSA) is 99.3 Å². The zero-order valence-corrected chi connectivity index (χ0v) is 19.6. The summed E-state index contributed by atoms with van der Waals surface area (Å²) < 4.78 is 30.9. The molecule has 0 aromatic heterocycles. The second-order valence-corrected chi connectivity index (χ2v) is 9.58. The number of hydrogen-bond acceptors (Lipinski definition) is 6. The number of carbonyl (C=O) groups is 2. The Bertz CT molecular complexity index is 859. The third kappa shape index (κ3) is 6.31. The molecule has 2 amide bonds. The number of ether oxygens (including phenoxy) is 1. The lowest BCUT2D eigenvalue weighted by Crippen LogP contribution is -2.59. The van der Waals surface area contributed by atoms with Gasteiger partial charge in [-0.15, -0.1) is 12.4 Å². The van der Waals surface area contributed by atoms with Crippen LogP contribution in [-0.4, -0.2) is 94.6 Å². The Morgan fingerprint density at radius 2 is 1.74 bits per heavy atom. The molecular formula is C20H31ClN4O5S. The standard InChI is InChI=1S/C20H30N4O5S.ClH/c1-21-30(27,28)18-7-5-16(6-8-18)13-19(25)24-12-11-23(20(26)29-2)15-17(24)14-22-9-3-4-10-22;/h5-8,17,21H,3-4,9-15H2,1-2H3;1H. The van der Waals surface area contributed by atoms with Crippen molar-refractivity contribution in [1.29, 1.82) is 0 Å². The van der Waals surface area contributed by atoms with Gasteiger partial charge in [-0.1, -0.05) is 12.1 Å². The first-order valence-corrected chi connectivity index (χ1v) is 11.7. The molecule has 2 heterocycles. The molecule has 9 nitrogen and oxygen atoms in total. The highest BCUT2D eigenvalue weighted by Gasteiger charge is 2.34. The number of hydrogen-bond donors (Lipinski definition) is 1. The lowest BCUT2D eigenvalue weighted by atomic mass is 10.1. The van der Waals surface area contributed by atoms with Crippen LogP contribution in [0, 0.1) is 0 Å². The normalized spacial score (nSPS) is 19.7. The molecule has 11 heteroatoms. The zero-order valence-electron chi connectivity index (χ0n) is 18.0. The summed E-state index contributed by atoms with van der Waals surface area (Å²) in [5.41, 5.74) is 0.755. The van der Waals surface area contributed by atoms with Crippen LogP contribution < -0.4 is 4.72 Å². The maximum absolute atomic E-state index is 13.1. The maximum Gasteiger partial charge on any atom is 0.409 e. The number of piperazine rings is 1. The lowest BCUT2D eigenvalue weighted by molar-refractivity contribution is -0.135. The molecule has 0 bridgehead atoms. The van der Waals surface area contributed by atoms with Gasteiger partial charge in [-0.05, 0) is 50.7 Å². The van der Waals surface area contributed by atoms with E-state index in [1.807, 2.05) is 4.90 Å². The van der Waals surface area contributed by atoms with Crippen molar-refractivity contribution >= 4 is 34.4 Å². The van der Waals surface area contributed by atoms with Crippen molar-refractivity contribution in [2.45, 2.75) is 30.2 Å². The van der Waals surface area contributed by atoms with Crippen molar-refractivity contribution in [2.24, 2.45) is 0 Å².